The number of ketones is 3. The molecule has 0 saturated carbocycles. The third-order valence-electron chi connectivity index (χ3n) is 16.0. The molecule has 0 bridgehead atoms. The number of aliphatic carboxylic acids is 3. The summed E-state index contributed by atoms with van der Waals surface area (Å²) in [6, 6.07) is 5.54. The number of carbonyl (C=O) groups excluding carboxylic acids is 8. The van der Waals surface area contributed by atoms with Crippen LogP contribution in [0.1, 0.15) is 89.0 Å². The zero-order chi connectivity index (χ0) is 65.6. The number of aromatic hydroxyl groups is 1. The van der Waals surface area contributed by atoms with Crippen LogP contribution in [0.3, 0.4) is 0 Å². The highest BCUT2D eigenvalue weighted by atomic mass is 35.5. The number of hydrogen-bond acceptors (Lipinski definition) is 19. The van der Waals surface area contributed by atoms with E-state index in [1.807, 2.05) is 13.8 Å². The molecule has 6 rings (SSSR count). The van der Waals surface area contributed by atoms with E-state index in [0.29, 0.717) is 43.0 Å². The number of hydrogen-bond donors (Lipinski definition) is 11. The summed E-state index contributed by atoms with van der Waals surface area (Å²) in [5, 5.41) is 65.4. The summed E-state index contributed by atoms with van der Waals surface area (Å²) in [5.41, 5.74) is 1.46. The van der Waals surface area contributed by atoms with Crippen molar-refractivity contribution in [1.82, 2.24) is 51.3 Å². The van der Waals surface area contributed by atoms with Crippen LogP contribution in [-0.2, 0) is 72.0 Å². The third-order valence-corrected chi connectivity index (χ3v) is 18.9. The van der Waals surface area contributed by atoms with Crippen LogP contribution in [0.5, 0.6) is 5.75 Å². The van der Waals surface area contributed by atoms with E-state index in [9.17, 15) is 68.7 Å². The SMILES string of the molecule is CC(C)C[C@@H]1CC(=O)[C@H](CC(=O)O)NC(=O)[C@H](Cc2ccc(O)c(Cl)c2)CC(=O)[C@@H]2C[C@@H](O)CN2C(=O)[C@@H](NC(=O)[C@@H](CC(=O)[C@H](Cc2ccccc2)NC(=O)CCC(C(=O)O)N2CCNCCN(CC(=O)O)CC2)Cc2cnc[nH]2)CSSC[C@@H](C)NC1=O. The number of imidazole rings is 1. The Balaban J connectivity index is 1.29. The number of nitrogens with zero attached hydrogens (tertiary/aromatic N) is 4. The van der Waals surface area contributed by atoms with Crippen LogP contribution in [-0.4, -0.2) is 221 Å². The van der Waals surface area contributed by atoms with Gasteiger partial charge in [0, 0.05) is 126 Å². The largest absolute Gasteiger partial charge is 0.506 e. The van der Waals surface area contributed by atoms with Gasteiger partial charge in [-0.15, -0.1) is 0 Å². The number of aliphatic hydroxyl groups is 1. The van der Waals surface area contributed by atoms with Crippen molar-refractivity contribution in [3.05, 3.63) is 82.9 Å². The van der Waals surface area contributed by atoms with Crippen LogP contribution in [0, 0.1) is 23.7 Å². The van der Waals surface area contributed by atoms with Crippen molar-refractivity contribution in [2.45, 2.75) is 134 Å². The number of Topliss-reactive ketones (excluding diaryl/α,β-unsaturated/α-hetero) is 3. The average molecular weight is 1310 g/mol. The lowest BCUT2D eigenvalue weighted by Crippen LogP contribution is -2.54. The van der Waals surface area contributed by atoms with Crippen LogP contribution in [0.2, 0.25) is 5.02 Å². The Bertz CT molecular complexity index is 2980. The van der Waals surface area contributed by atoms with Crippen LogP contribution < -0.4 is 26.6 Å². The van der Waals surface area contributed by atoms with Crippen molar-refractivity contribution in [2.75, 3.05) is 63.9 Å². The van der Waals surface area contributed by atoms with Gasteiger partial charge in [-0.25, -0.2) is 4.98 Å². The summed E-state index contributed by atoms with van der Waals surface area (Å²) in [7, 11) is 2.40. The number of halogens is 1. The Hall–Kier alpha value is -6.95. The van der Waals surface area contributed by atoms with Crippen molar-refractivity contribution in [3.8, 4) is 5.75 Å². The molecular weight excluding hydrogens is 1230 g/mol. The molecule has 4 heterocycles. The molecular formula is C61H83ClN10O16S2. The molecule has 3 aliphatic heterocycles. The number of rotatable bonds is 23. The highest BCUT2D eigenvalue weighted by Gasteiger charge is 2.44. The quantitative estimate of drug-likeness (QED) is 0.0604. The molecule has 0 aliphatic carbocycles. The van der Waals surface area contributed by atoms with Gasteiger partial charge in [0.25, 0.3) is 0 Å². The fourth-order valence-electron chi connectivity index (χ4n) is 11.4. The lowest BCUT2D eigenvalue weighted by molar-refractivity contribution is -0.144. The molecule has 492 valence electrons. The van der Waals surface area contributed by atoms with Gasteiger partial charge in [0.2, 0.25) is 29.5 Å². The minimum absolute atomic E-state index is 0.0193. The standard InChI is InChI=1S/C61H83ClN10O16S2/c1-35(2)19-39-24-52(76)46(28-55(79)80)68-58(84)40(20-38-9-11-50(74)44(62)21-38)26-53(77)49-27-43(73)30-72(49)60(86)47(33-90-89-32-36(3)66-57(39)83)69-59(85)41(23-42-29-64-34-65-42)25-51(75)45(22-37-7-5-4-6-8-37)67-54(78)12-10-48(61(87)88)71-16-14-63-13-15-70(17-18-71)31-56(81)82/h4-9,11,21,29,34-36,39-41,43,45-49,63,73-74H,10,12-20,22-28,30-33H2,1-3H3,(H,64,65)(H,66,83)(H,67,78)(H,68,84)(H,69,85)(H,79,80)(H,81,82)(H,87,88)/t36-,39-,40-,41-,43-,45+,46+,47+,48?,49+/m1/s1. The number of H-pyrrole nitrogens is 1. The zero-order valence-corrected chi connectivity index (χ0v) is 53.1. The minimum atomic E-state index is -1.63. The number of phenolic OH excluding ortho intramolecular Hbond substituents is 1. The Labute approximate surface area is 534 Å². The predicted octanol–water partition coefficient (Wildman–Crippen LogP) is 1.88. The molecule has 0 radical (unpaired) electrons. The van der Waals surface area contributed by atoms with Gasteiger partial charge in [-0.05, 0) is 61.8 Å². The Kier molecular flexibility index (Phi) is 28.5. The number of benzene rings is 2. The molecule has 10 atom stereocenters. The van der Waals surface area contributed by atoms with Gasteiger partial charge in [-0.1, -0.05) is 83.4 Å². The number of phenols is 1. The molecule has 3 saturated heterocycles. The molecule has 1 unspecified atom stereocenters. The Morgan fingerprint density at radius 1 is 0.833 bits per heavy atom. The van der Waals surface area contributed by atoms with E-state index in [2.05, 4.69) is 36.6 Å². The fourth-order valence-corrected chi connectivity index (χ4v) is 14.0. The number of aliphatic hydroxyl groups excluding tert-OH is 1. The molecule has 3 aromatic rings. The molecule has 0 spiro atoms. The maximum absolute atomic E-state index is 15.2. The first-order valence-electron chi connectivity index (χ1n) is 30.2. The van der Waals surface area contributed by atoms with E-state index in [1.54, 1.807) is 47.1 Å². The lowest BCUT2D eigenvalue weighted by atomic mass is 9.88. The van der Waals surface area contributed by atoms with E-state index in [-0.39, 0.29) is 99.3 Å². The highest BCUT2D eigenvalue weighted by molar-refractivity contribution is 8.76. The summed E-state index contributed by atoms with van der Waals surface area (Å²) < 4.78 is 0. The summed E-state index contributed by atoms with van der Waals surface area (Å²) >= 11 is 6.26. The molecule has 2 aromatic carbocycles. The second kappa shape index (κ2) is 35.6. The average Bonchev–Trinajstić information content (AvgIpc) is 1.94. The Morgan fingerprint density at radius 2 is 1.54 bits per heavy atom. The van der Waals surface area contributed by atoms with Crippen molar-refractivity contribution in [2.24, 2.45) is 23.7 Å². The molecule has 26 nitrogen and oxygen atoms in total. The van der Waals surface area contributed by atoms with Crippen molar-refractivity contribution >= 4 is 98.0 Å². The van der Waals surface area contributed by atoms with E-state index >= 15 is 9.59 Å². The van der Waals surface area contributed by atoms with Crippen LogP contribution in [0.4, 0.5) is 0 Å². The molecule has 5 amide bonds. The number of carboxylic acid groups (broad SMARTS) is 3. The van der Waals surface area contributed by atoms with E-state index in [0.717, 1.165) is 15.7 Å². The summed E-state index contributed by atoms with van der Waals surface area (Å²) in [5.74, 6) is -13.0. The number of fused-ring (bicyclic) bond motifs is 1. The zero-order valence-electron chi connectivity index (χ0n) is 50.7. The van der Waals surface area contributed by atoms with Gasteiger partial charge in [0.05, 0.1) is 54.5 Å². The van der Waals surface area contributed by atoms with Gasteiger partial charge in [-0.2, -0.15) is 0 Å². The van der Waals surface area contributed by atoms with Gasteiger partial charge in [0.15, 0.2) is 17.3 Å². The molecule has 3 aliphatic rings. The predicted molar refractivity (Wildman–Crippen MR) is 334 cm³/mol. The molecule has 11 N–H and O–H groups in total. The maximum Gasteiger partial charge on any atom is 0.320 e. The first-order chi connectivity index (χ1) is 42.8. The fraction of sp³-hybridized carbons (Fsp3) is 0.574. The molecule has 3 fully saturated rings. The van der Waals surface area contributed by atoms with Crippen LogP contribution >= 0.6 is 33.2 Å². The normalized spacial score (nSPS) is 23.6. The van der Waals surface area contributed by atoms with E-state index < -0.39 is 151 Å². The number of carbonyl (C=O) groups is 11. The molecule has 1 aromatic heterocycles. The van der Waals surface area contributed by atoms with Gasteiger partial charge in [0.1, 0.15) is 17.8 Å². The summed E-state index contributed by atoms with van der Waals surface area (Å²) in [6.07, 6.45) is -1.67. The van der Waals surface area contributed by atoms with Crippen molar-refractivity contribution in [3.63, 3.8) is 0 Å². The molecule has 29 heteroatoms. The smallest absolute Gasteiger partial charge is 0.320 e. The van der Waals surface area contributed by atoms with Crippen LogP contribution in [0.15, 0.2) is 61.1 Å². The first kappa shape index (κ1) is 72.1. The second-order valence-corrected chi connectivity index (χ2v) is 26.7. The van der Waals surface area contributed by atoms with Gasteiger partial charge in [-0.3, -0.25) is 62.5 Å². The number of amides is 5. The van der Waals surface area contributed by atoms with Crippen molar-refractivity contribution < 1.29 is 78.3 Å². The first-order valence-corrected chi connectivity index (χ1v) is 33.0. The summed E-state index contributed by atoms with van der Waals surface area (Å²) in [6.45, 7) is 6.96. The van der Waals surface area contributed by atoms with E-state index in [1.165, 1.54) is 41.5 Å². The van der Waals surface area contributed by atoms with Gasteiger partial charge >= 0.3 is 17.9 Å². The second-order valence-electron chi connectivity index (χ2n) is 23.8. The highest BCUT2D eigenvalue weighted by Crippen LogP contribution is 2.31. The Morgan fingerprint density at radius 3 is 2.22 bits per heavy atom. The number of aromatic nitrogens is 2. The number of aromatic amines is 1. The monoisotopic (exact) mass is 1310 g/mol. The van der Waals surface area contributed by atoms with Gasteiger partial charge < -0.3 is 62.0 Å². The minimum Gasteiger partial charge on any atom is -0.506 e. The maximum atomic E-state index is 15.2. The lowest BCUT2D eigenvalue weighted by Gasteiger charge is -2.30. The number of nitrogens with one attached hydrogen (secondary N) is 6. The third kappa shape index (κ3) is 23.1. The molecule has 90 heavy (non-hydrogen) atoms. The number of carboxylic acids is 3. The topological polar surface area (TPSA) is 387 Å². The van der Waals surface area contributed by atoms with Crippen molar-refractivity contribution in [1.29, 1.82) is 0 Å². The van der Waals surface area contributed by atoms with E-state index in [4.69, 9.17) is 11.6 Å². The van der Waals surface area contributed by atoms with Crippen LogP contribution in [0.25, 0.3) is 0 Å². The summed E-state index contributed by atoms with van der Waals surface area (Å²) in [4.78, 5) is 164.